The molecule has 0 bridgehead atoms. The van der Waals surface area contributed by atoms with E-state index >= 15 is 0 Å². The molecule has 2 aromatic rings. The lowest BCUT2D eigenvalue weighted by Gasteiger charge is -2.06. The monoisotopic (exact) mass is 264 g/mol. The molecule has 0 aliphatic carbocycles. The number of carboxylic acid groups (broad SMARTS) is 1. The topological polar surface area (TPSA) is 72.3 Å². The van der Waals surface area contributed by atoms with Gasteiger partial charge in [0, 0.05) is 5.56 Å². The maximum atomic E-state index is 10.8. The van der Waals surface area contributed by atoms with Crippen LogP contribution >= 0.6 is 11.6 Å². The molecule has 0 saturated heterocycles. The number of carbonyl (C=O) groups is 1. The highest BCUT2D eigenvalue weighted by Crippen LogP contribution is 2.29. The zero-order valence-corrected chi connectivity index (χ0v) is 10.2. The van der Waals surface area contributed by atoms with Crippen LogP contribution in [0.2, 0.25) is 5.02 Å². The van der Waals surface area contributed by atoms with E-state index in [1.807, 2.05) is 0 Å². The maximum Gasteiger partial charge on any atom is 0.354 e. The Balaban J connectivity index is 2.48. The van der Waals surface area contributed by atoms with Gasteiger partial charge in [-0.05, 0) is 24.3 Å². The van der Waals surface area contributed by atoms with Crippen LogP contribution < -0.4 is 4.74 Å². The third-order valence-electron chi connectivity index (χ3n) is 2.34. The Kier molecular flexibility index (Phi) is 3.43. The van der Waals surface area contributed by atoms with Crippen LogP contribution in [0.15, 0.2) is 30.6 Å². The Morgan fingerprint density at radius 3 is 2.72 bits per heavy atom. The van der Waals surface area contributed by atoms with E-state index < -0.39 is 5.97 Å². The van der Waals surface area contributed by atoms with Gasteiger partial charge in [-0.15, -0.1) is 0 Å². The van der Waals surface area contributed by atoms with Gasteiger partial charge in [0.2, 0.25) is 0 Å². The number of rotatable bonds is 3. The molecule has 0 aliphatic rings. The van der Waals surface area contributed by atoms with Crippen molar-refractivity contribution in [3.63, 3.8) is 0 Å². The van der Waals surface area contributed by atoms with Crippen molar-refractivity contribution in [3.05, 3.63) is 41.3 Å². The molecule has 6 heteroatoms. The normalized spacial score (nSPS) is 10.1. The molecule has 18 heavy (non-hydrogen) atoms. The lowest BCUT2D eigenvalue weighted by atomic mass is 10.1. The first-order valence-electron chi connectivity index (χ1n) is 5.01. The largest absolute Gasteiger partial charge is 0.497 e. The molecule has 0 atom stereocenters. The highest BCUT2D eigenvalue weighted by atomic mass is 35.5. The van der Waals surface area contributed by atoms with Gasteiger partial charge < -0.3 is 9.84 Å². The second-order valence-electron chi connectivity index (χ2n) is 3.44. The molecule has 0 radical (unpaired) electrons. The molecule has 1 aromatic carbocycles. The zero-order valence-electron chi connectivity index (χ0n) is 9.42. The number of benzene rings is 1. The molecular weight excluding hydrogens is 256 g/mol. The minimum atomic E-state index is -1.11. The first kappa shape index (κ1) is 12.3. The number of nitrogens with zero attached hydrogens (tertiary/aromatic N) is 2. The predicted molar refractivity (Wildman–Crippen MR) is 66.0 cm³/mol. The number of aromatic nitrogens is 2. The Morgan fingerprint density at radius 2 is 2.11 bits per heavy atom. The van der Waals surface area contributed by atoms with Crippen molar-refractivity contribution >= 4 is 17.6 Å². The van der Waals surface area contributed by atoms with Crippen molar-refractivity contribution in [3.8, 4) is 17.0 Å². The Bertz CT molecular complexity index is 602. The average molecular weight is 265 g/mol. The summed E-state index contributed by atoms with van der Waals surface area (Å²) in [5.74, 6) is -0.487. The second-order valence-corrected chi connectivity index (χ2v) is 3.85. The molecule has 0 aliphatic heterocycles. The van der Waals surface area contributed by atoms with Crippen molar-refractivity contribution in [1.29, 1.82) is 0 Å². The Hall–Kier alpha value is -2.14. The summed E-state index contributed by atoms with van der Waals surface area (Å²) in [7, 11) is 1.54. The summed E-state index contributed by atoms with van der Waals surface area (Å²) in [6, 6.07) is 6.45. The third kappa shape index (κ3) is 2.41. The van der Waals surface area contributed by atoms with Crippen LogP contribution in [0.25, 0.3) is 11.3 Å². The molecule has 0 spiro atoms. The number of carboxylic acids is 1. The van der Waals surface area contributed by atoms with Gasteiger partial charge in [0.25, 0.3) is 0 Å². The van der Waals surface area contributed by atoms with E-state index in [4.69, 9.17) is 21.4 Å². The van der Waals surface area contributed by atoms with Crippen LogP contribution in [-0.2, 0) is 0 Å². The van der Waals surface area contributed by atoms with Crippen LogP contribution in [0.5, 0.6) is 5.75 Å². The quantitative estimate of drug-likeness (QED) is 0.922. The van der Waals surface area contributed by atoms with Gasteiger partial charge in [-0.25, -0.2) is 14.8 Å². The Labute approximate surface area is 108 Å². The molecule has 1 aromatic heterocycles. The molecule has 1 N–H and O–H groups in total. The summed E-state index contributed by atoms with van der Waals surface area (Å²) in [5, 5.41) is 9.30. The molecule has 5 nitrogen and oxygen atoms in total. The highest BCUT2D eigenvalue weighted by molar-refractivity contribution is 6.33. The minimum absolute atomic E-state index is 0.0770. The molecule has 0 fully saturated rings. The van der Waals surface area contributed by atoms with Gasteiger partial charge in [-0.3, -0.25) is 0 Å². The summed E-state index contributed by atoms with van der Waals surface area (Å²) in [6.07, 6.45) is 1.19. The molecule has 92 valence electrons. The first-order valence-corrected chi connectivity index (χ1v) is 5.39. The number of hydrogen-bond donors (Lipinski definition) is 1. The summed E-state index contributed by atoms with van der Waals surface area (Å²) < 4.78 is 5.04. The fourth-order valence-corrected chi connectivity index (χ4v) is 1.72. The van der Waals surface area contributed by atoms with Gasteiger partial charge in [0.05, 0.1) is 17.8 Å². The smallest absolute Gasteiger partial charge is 0.354 e. The summed E-state index contributed by atoms with van der Waals surface area (Å²) in [6.45, 7) is 0. The standard InChI is InChI=1S/C12H9ClN2O3/c1-18-7-2-3-8(9(13)4-7)10-5-11(12(16)17)15-6-14-10/h2-6H,1H3,(H,16,17). The van der Waals surface area contributed by atoms with Crippen LogP contribution in [0, 0.1) is 0 Å². The van der Waals surface area contributed by atoms with Crippen LogP contribution in [0.1, 0.15) is 10.5 Å². The SMILES string of the molecule is COc1ccc(-c2cc(C(=O)O)ncn2)c(Cl)c1. The predicted octanol–water partition coefficient (Wildman–Crippen LogP) is 2.50. The summed E-state index contributed by atoms with van der Waals surface area (Å²) in [4.78, 5) is 18.5. The highest BCUT2D eigenvalue weighted by Gasteiger charge is 2.10. The Morgan fingerprint density at radius 1 is 1.33 bits per heavy atom. The third-order valence-corrected chi connectivity index (χ3v) is 2.65. The van der Waals surface area contributed by atoms with E-state index in [9.17, 15) is 4.79 Å². The number of ether oxygens (including phenoxy) is 1. The molecule has 0 unspecified atom stereocenters. The van der Waals surface area contributed by atoms with E-state index in [-0.39, 0.29) is 5.69 Å². The molecule has 2 rings (SSSR count). The number of aromatic carboxylic acids is 1. The fraction of sp³-hybridized carbons (Fsp3) is 0.0833. The van der Waals surface area contributed by atoms with Gasteiger partial charge in [-0.1, -0.05) is 11.6 Å². The van der Waals surface area contributed by atoms with Crippen molar-refractivity contribution in [2.45, 2.75) is 0 Å². The average Bonchev–Trinajstić information content (AvgIpc) is 2.38. The van der Waals surface area contributed by atoms with Crippen molar-refractivity contribution in [2.24, 2.45) is 0 Å². The first-order chi connectivity index (χ1) is 8.61. The summed E-state index contributed by atoms with van der Waals surface area (Å²) in [5.41, 5.74) is 1.00. The van der Waals surface area contributed by atoms with Gasteiger partial charge in [0.1, 0.15) is 12.1 Å². The number of hydrogen-bond acceptors (Lipinski definition) is 4. The van der Waals surface area contributed by atoms with Gasteiger partial charge in [-0.2, -0.15) is 0 Å². The van der Waals surface area contributed by atoms with E-state index in [1.54, 1.807) is 25.3 Å². The second kappa shape index (κ2) is 5.01. The van der Waals surface area contributed by atoms with Crippen LogP contribution in [0.3, 0.4) is 0 Å². The van der Waals surface area contributed by atoms with E-state index in [0.29, 0.717) is 22.0 Å². The van der Waals surface area contributed by atoms with Crippen LogP contribution in [0.4, 0.5) is 0 Å². The van der Waals surface area contributed by atoms with E-state index in [0.717, 1.165) is 0 Å². The lowest BCUT2D eigenvalue weighted by molar-refractivity contribution is 0.0690. The van der Waals surface area contributed by atoms with Gasteiger partial charge in [0.15, 0.2) is 5.69 Å². The number of methoxy groups -OCH3 is 1. The van der Waals surface area contributed by atoms with E-state index in [2.05, 4.69) is 9.97 Å². The van der Waals surface area contributed by atoms with Crippen molar-refractivity contribution < 1.29 is 14.6 Å². The summed E-state index contributed by atoms with van der Waals surface area (Å²) >= 11 is 6.09. The fourth-order valence-electron chi connectivity index (χ4n) is 1.45. The van der Waals surface area contributed by atoms with Crippen LogP contribution in [-0.4, -0.2) is 28.2 Å². The van der Waals surface area contributed by atoms with Gasteiger partial charge >= 0.3 is 5.97 Å². The molecule has 0 amide bonds. The molecular formula is C12H9ClN2O3. The molecule has 0 saturated carbocycles. The lowest BCUT2D eigenvalue weighted by Crippen LogP contribution is -2.01. The van der Waals surface area contributed by atoms with Crippen molar-refractivity contribution in [1.82, 2.24) is 9.97 Å². The van der Waals surface area contributed by atoms with E-state index in [1.165, 1.54) is 12.4 Å². The molecule has 1 heterocycles. The number of halogens is 1. The maximum absolute atomic E-state index is 10.8. The zero-order chi connectivity index (χ0) is 13.1. The minimum Gasteiger partial charge on any atom is -0.497 e. The van der Waals surface area contributed by atoms with Crippen molar-refractivity contribution in [2.75, 3.05) is 7.11 Å².